The van der Waals surface area contributed by atoms with E-state index in [9.17, 15) is 8.42 Å². The van der Waals surface area contributed by atoms with Crippen LogP contribution in [0.4, 0.5) is 0 Å². The van der Waals surface area contributed by atoms with Gasteiger partial charge in [-0.1, -0.05) is 5.16 Å². The van der Waals surface area contributed by atoms with Gasteiger partial charge in [0.25, 0.3) is 0 Å². The molecule has 0 spiro atoms. The SMILES string of the molecule is CCOc1ccc(S(=O)(=O)N2CC(c3nc(-c4ccncc4)no3)C2)cc1. The maximum atomic E-state index is 12.7. The van der Waals surface area contributed by atoms with Crippen LogP contribution in [0.1, 0.15) is 18.7 Å². The molecule has 0 bridgehead atoms. The average molecular weight is 386 g/mol. The van der Waals surface area contributed by atoms with Gasteiger partial charge in [0.2, 0.25) is 21.7 Å². The molecule has 1 saturated heterocycles. The summed E-state index contributed by atoms with van der Waals surface area (Å²) >= 11 is 0. The van der Waals surface area contributed by atoms with Gasteiger partial charge in [-0.2, -0.15) is 9.29 Å². The quantitative estimate of drug-likeness (QED) is 0.641. The Bertz CT molecular complexity index is 1010. The fourth-order valence-corrected chi connectivity index (χ4v) is 4.36. The molecule has 2 aromatic heterocycles. The smallest absolute Gasteiger partial charge is 0.243 e. The normalized spacial score (nSPS) is 15.4. The third-order valence-corrected chi connectivity index (χ3v) is 6.20. The highest BCUT2D eigenvalue weighted by atomic mass is 32.2. The molecule has 0 N–H and O–H groups in total. The van der Waals surface area contributed by atoms with Gasteiger partial charge in [-0.05, 0) is 43.3 Å². The van der Waals surface area contributed by atoms with Crippen LogP contribution in [0.25, 0.3) is 11.4 Å². The fraction of sp³-hybridized carbons (Fsp3) is 0.278. The zero-order chi connectivity index (χ0) is 18.9. The van der Waals surface area contributed by atoms with Crippen LogP contribution in [-0.4, -0.2) is 47.5 Å². The lowest BCUT2D eigenvalue weighted by Crippen LogP contribution is -2.48. The Morgan fingerprint density at radius 1 is 1.15 bits per heavy atom. The van der Waals surface area contributed by atoms with Crippen molar-refractivity contribution in [2.24, 2.45) is 0 Å². The molecule has 1 fully saturated rings. The van der Waals surface area contributed by atoms with E-state index in [1.165, 1.54) is 4.31 Å². The Morgan fingerprint density at radius 3 is 2.52 bits per heavy atom. The lowest BCUT2D eigenvalue weighted by Gasteiger charge is -2.35. The second kappa shape index (κ2) is 7.09. The minimum atomic E-state index is -3.54. The van der Waals surface area contributed by atoms with E-state index in [4.69, 9.17) is 9.26 Å². The van der Waals surface area contributed by atoms with Crippen LogP contribution >= 0.6 is 0 Å². The van der Waals surface area contributed by atoms with Crippen LogP contribution in [0.3, 0.4) is 0 Å². The van der Waals surface area contributed by atoms with Gasteiger partial charge in [-0.3, -0.25) is 4.98 Å². The number of ether oxygens (including phenoxy) is 1. The second-order valence-corrected chi connectivity index (χ2v) is 8.05. The zero-order valence-corrected chi connectivity index (χ0v) is 15.5. The Balaban J connectivity index is 1.43. The van der Waals surface area contributed by atoms with Crippen molar-refractivity contribution in [1.29, 1.82) is 0 Å². The first kappa shape index (κ1) is 17.6. The lowest BCUT2D eigenvalue weighted by molar-refractivity contribution is 0.217. The van der Waals surface area contributed by atoms with Crippen molar-refractivity contribution in [2.75, 3.05) is 19.7 Å². The molecule has 0 amide bonds. The average Bonchev–Trinajstić information content (AvgIpc) is 3.11. The third kappa shape index (κ3) is 3.43. The summed E-state index contributed by atoms with van der Waals surface area (Å²) in [7, 11) is -3.54. The van der Waals surface area contributed by atoms with Crippen molar-refractivity contribution in [1.82, 2.24) is 19.4 Å². The van der Waals surface area contributed by atoms with Crippen LogP contribution in [0.2, 0.25) is 0 Å². The van der Waals surface area contributed by atoms with Crippen LogP contribution in [-0.2, 0) is 10.0 Å². The second-order valence-electron chi connectivity index (χ2n) is 6.12. The van der Waals surface area contributed by atoms with Crippen molar-refractivity contribution < 1.29 is 17.7 Å². The van der Waals surface area contributed by atoms with Gasteiger partial charge in [0.15, 0.2) is 0 Å². The van der Waals surface area contributed by atoms with Gasteiger partial charge in [0.05, 0.1) is 17.4 Å². The van der Waals surface area contributed by atoms with Gasteiger partial charge in [0.1, 0.15) is 5.75 Å². The van der Waals surface area contributed by atoms with E-state index < -0.39 is 10.0 Å². The highest BCUT2D eigenvalue weighted by molar-refractivity contribution is 7.89. The number of hydrogen-bond acceptors (Lipinski definition) is 7. The first-order valence-electron chi connectivity index (χ1n) is 8.55. The zero-order valence-electron chi connectivity index (χ0n) is 14.6. The van der Waals surface area contributed by atoms with Crippen molar-refractivity contribution in [3.05, 3.63) is 54.7 Å². The van der Waals surface area contributed by atoms with Crippen molar-refractivity contribution in [3.8, 4) is 17.1 Å². The third-order valence-electron chi connectivity index (χ3n) is 4.35. The van der Waals surface area contributed by atoms with Crippen molar-refractivity contribution >= 4 is 10.0 Å². The minimum Gasteiger partial charge on any atom is -0.494 e. The van der Waals surface area contributed by atoms with E-state index >= 15 is 0 Å². The summed E-state index contributed by atoms with van der Waals surface area (Å²) in [6, 6.07) is 10.0. The molecule has 0 atom stereocenters. The molecule has 1 aliphatic rings. The molecule has 0 saturated carbocycles. The van der Waals surface area contributed by atoms with Gasteiger partial charge < -0.3 is 9.26 Å². The van der Waals surface area contributed by atoms with Gasteiger partial charge in [-0.25, -0.2) is 8.42 Å². The van der Waals surface area contributed by atoms with Crippen molar-refractivity contribution in [2.45, 2.75) is 17.7 Å². The number of benzene rings is 1. The van der Waals surface area contributed by atoms with E-state index in [0.29, 0.717) is 37.2 Å². The van der Waals surface area contributed by atoms with Crippen LogP contribution in [0.5, 0.6) is 5.75 Å². The molecule has 9 heteroatoms. The summed E-state index contributed by atoms with van der Waals surface area (Å²) in [6.45, 7) is 3.04. The molecular formula is C18H18N4O4S. The monoisotopic (exact) mass is 386 g/mol. The standard InChI is InChI=1S/C18H18N4O4S/c1-2-25-15-3-5-16(6-4-15)27(23,24)22-11-14(12-22)18-20-17(21-26-18)13-7-9-19-10-8-13/h3-10,14H,2,11-12H2,1H3. The maximum Gasteiger partial charge on any atom is 0.243 e. The summed E-state index contributed by atoms with van der Waals surface area (Å²) in [5.74, 6) is 1.46. The first-order chi connectivity index (χ1) is 13.1. The van der Waals surface area contributed by atoms with Gasteiger partial charge in [-0.15, -0.1) is 0 Å². The molecular weight excluding hydrogens is 368 g/mol. The van der Waals surface area contributed by atoms with Crippen LogP contribution in [0.15, 0.2) is 58.2 Å². The molecule has 8 nitrogen and oxygen atoms in total. The maximum absolute atomic E-state index is 12.7. The summed E-state index contributed by atoms with van der Waals surface area (Å²) in [5.41, 5.74) is 0.804. The summed E-state index contributed by atoms with van der Waals surface area (Å²) in [5, 5.41) is 3.97. The summed E-state index contributed by atoms with van der Waals surface area (Å²) < 4.78 is 37.5. The predicted octanol–water partition coefficient (Wildman–Crippen LogP) is 2.32. The lowest BCUT2D eigenvalue weighted by atomic mass is 10.0. The van der Waals surface area contributed by atoms with Crippen molar-refractivity contribution in [3.63, 3.8) is 0 Å². The largest absolute Gasteiger partial charge is 0.494 e. The molecule has 140 valence electrons. The number of sulfonamides is 1. The molecule has 3 heterocycles. The molecule has 0 radical (unpaired) electrons. The molecule has 27 heavy (non-hydrogen) atoms. The number of nitrogens with zero attached hydrogens (tertiary/aromatic N) is 4. The molecule has 1 aliphatic heterocycles. The van der Waals surface area contributed by atoms with E-state index in [1.54, 1.807) is 48.8 Å². The van der Waals surface area contributed by atoms with E-state index in [2.05, 4.69) is 15.1 Å². The highest BCUT2D eigenvalue weighted by Crippen LogP contribution is 2.32. The minimum absolute atomic E-state index is 0.106. The molecule has 4 rings (SSSR count). The Labute approximate surface area is 156 Å². The fourth-order valence-electron chi connectivity index (χ4n) is 2.83. The van der Waals surface area contributed by atoms with Gasteiger partial charge >= 0.3 is 0 Å². The number of aromatic nitrogens is 3. The molecule has 1 aromatic carbocycles. The summed E-state index contributed by atoms with van der Waals surface area (Å²) in [6.07, 6.45) is 3.31. The molecule has 0 aliphatic carbocycles. The van der Waals surface area contributed by atoms with E-state index in [0.717, 1.165) is 5.56 Å². The predicted molar refractivity (Wildman–Crippen MR) is 96.6 cm³/mol. The molecule has 3 aromatic rings. The first-order valence-corrected chi connectivity index (χ1v) is 9.99. The Kier molecular flexibility index (Phi) is 4.63. The summed E-state index contributed by atoms with van der Waals surface area (Å²) in [4.78, 5) is 8.58. The number of hydrogen-bond donors (Lipinski definition) is 0. The topological polar surface area (TPSA) is 98.4 Å². The van der Waals surface area contributed by atoms with Crippen LogP contribution in [0, 0.1) is 0 Å². The molecule has 0 unspecified atom stereocenters. The van der Waals surface area contributed by atoms with E-state index in [1.807, 2.05) is 6.92 Å². The highest BCUT2D eigenvalue weighted by Gasteiger charge is 2.40. The number of rotatable bonds is 6. The Hall–Kier alpha value is -2.78. The van der Waals surface area contributed by atoms with Crippen LogP contribution < -0.4 is 4.74 Å². The van der Waals surface area contributed by atoms with Gasteiger partial charge in [0, 0.05) is 31.0 Å². The Morgan fingerprint density at radius 2 is 1.85 bits per heavy atom. The van der Waals surface area contributed by atoms with E-state index in [-0.39, 0.29) is 10.8 Å². The number of pyridine rings is 1.